The van der Waals surface area contributed by atoms with Gasteiger partial charge in [-0.2, -0.15) is 0 Å². The van der Waals surface area contributed by atoms with Crippen LogP contribution in [0.1, 0.15) is 20.3 Å². The molecule has 7 nitrogen and oxygen atoms in total. The Labute approximate surface area is 125 Å². The second-order valence-corrected chi connectivity index (χ2v) is 4.49. The van der Waals surface area contributed by atoms with E-state index in [4.69, 9.17) is 19.7 Å². The van der Waals surface area contributed by atoms with Crippen LogP contribution in [0.5, 0.6) is 0 Å². The highest BCUT2D eigenvalue weighted by molar-refractivity contribution is 5.90. The van der Waals surface area contributed by atoms with Gasteiger partial charge in [-0.25, -0.2) is 9.59 Å². The van der Waals surface area contributed by atoms with Crippen LogP contribution in [-0.2, 0) is 19.1 Å². The van der Waals surface area contributed by atoms with Gasteiger partial charge in [0, 0.05) is 31.8 Å². The van der Waals surface area contributed by atoms with Crippen molar-refractivity contribution in [2.24, 2.45) is 0 Å². The predicted octanol–water partition coefficient (Wildman–Crippen LogP) is 0.280. The molecule has 0 saturated carbocycles. The van der Waals surface area contributed by atoms with Crippen LogP contribution in [0, 0.1) is 0 Å². The SMILES string of the molecule is CC[C@H](C)OCCN(CCO)CCOC(=O)/C=C\C(=O)O. The van der Waals surface area contributed by atoms with Crippen LogP contribution in [0.3, 0.4) is 0 Å². The van der Waals surface area contributed by atoms with Crippen LogP contribution < -0.4 is 0 Å². The van der Waals surface area contributed by atoms with E-state index < -0.39 is 11.9 Å². The topological polar surface area (TPSA) is 96.3 Å². The molecule has 21 heavy (non-hydrogen) atoms. The fraction of sp³-hybridized carbons (Fsp3) is 0.714. The molecule has 1 atom stereocenters. The number of hydrogen-bond acceptors (Lipinski definition) is 6. The number of carbonyl (C=O) groups is 2. The van der Waals surface area contributed by atoms with Crippen molar-refractivity contribution in [3.63, 3.8) is 0 Å². The van der Waals surface area contributed by atoms with Crippen LogP contribution in [-0.4, -0.2) is 72.6 Å². The summed E-state index contributed by atoms with van der Waals surface area (Å²) in [6.07, 6.45) is 2.73. The third kappa shape index (κ3) is 12.0. The molecule has 0 heterocycles. The van der Waals surface area contributed by atoms with E-state index in [0.29, 0.717) is 26.2 Å². The Morgan fingerprint density at radius 3 is 2.43 bits per heavy atom. The summed E-state index contributed by atoms with van der Waals surface area (Å²) >= 11 is 0. The smallest absolute Gasteiger partial charge is 0.331 e. The van der Waals surface area contributed by atoms with E-state index in [1.54, 1.807) is 0 Å². The van der Waals surface area contributed by atoms with E-state index >= 15 is 0 Å². The van der Waals surface area contributed by atoms with Crippen molar-refractivity contribution in [2.75, 3.05) is 39.5 Å². The van der Waals surface area contributed by atoms with Gasteiger partial charge in [0.15, 0.2) is 0 Å². The molecule has 0 aromatic heterocycles. The highest BCUT2D eigenvalue weighted by atomic mass is 16.5. The molecule has 0 spiro atoms. The van der Waals surface area contributed by atoms with E-state index in [2.05, 4.69) is 0 Å². The second-order valence-electron chi connectivity index (χ2n) is 4.49. The molecule has 122 valence electrons. The van der Waals surface area contributed by atoms with Crippen molar-refractivity contribution >= 4 is 11.9 Å². The zero-order chi connectivity index (χ0) is 16.1. The zero-order valence-corrected chi connectivity index (χ0v) is 12.7. The number of aliphatic hydroxyl groups is 1. The van der Waals surface area contributed by atoms with Crippen molar-refractivity contribution in [1.29, 1.82) is 0 Å². The third-order valence-electron chi connectivity index (χ3n) is 2.81. The molecule has 0 radical (unpaired) electrons. The maximum atomic E-state index is 11.2. The number of aliphatic hydroxyl groups excluding tert-OH is 1. The lowest BCUT2D eigenvalue weighted by molar-refractivity contribution is -0.139. The molecule has 0 rings (SSSR count). The zero-order valence-electron chi connectivity index (χ0n) is 12.7. The number of nitrogens with zero attached hydrogens (tertiary/aromatic N) is 1. The third-order valence-corrected chi connectivity index (χ3v) is 2.81. The first-order valence-corrected chi connectivity index (χ1v) is 7.02. The lowest BCUT2D eigenvalue weighted by atomic mass is 10.3. The number of ether oxygens (including phenoxy) is 2. The Morgan fingerprint density at radius 2 is 1.86 bits per heavy atom. The van der Waals surface area contributed by atoms with Crippen LogP contribution in [0.15, 0.2) is 12.2 Å². The summed E-state index contributed by atoms with van der Waals surface area (Å²) in [6, 6.07) is 0. The highest BCUT2D eigenvalue weighted by Gasteiger charge is 2.07. The molecule has 0 aromatic rings. The average Bonchev–Trinajstić information content (AvgIpc) is 2.44. The van der Waals surface area contributed by atoms with Crippen LogP contribution in [0.25, 0.3) is 0 Å². The summed E-state index contributed by atoms with van der Waals surface area (Å²) in [5.74, 6) is -1.90. The summed E-state index contributed by atoms with van der Waals surface area (Å²) < 4.78 is 10.4. The number of esters is 1. The molecular formula is C14H25NO6. The van der Waals surface area contributed by atoms with Crippen LogP contribution in [0.4, 0.5) is 0 Å². The van der Waals surface area contributed by atoms with Crippen molar-refractivity contribution < 1.29 is 29.3 Å². The summed E-state index contributed by atoms with van der Waals surface area (Å²) in [6.45, 7) is 6.27. The van der Waals surface area contributed by atoms with Crippen LogP contribution >= 0.6 is 0 Å². The summed E-state index contributed by atoms with van der Waals surface area (Å²) in [7, 11) is 0. The summed E-state index contributed by atoms with van der Waals surface area (Å²) in [5.41, 5.74) is 0. The quantitative estimate of drug-likeness (QED) is 0.395. The predicted molar refractivity (Wildman–Crippen MR) is 77.0 cm³/mol. The number of aliphatic carboxylic acids is 1. The normalized spacial score (nSPS) is 12.8. The molecule has 2 N–H and O–H groups in total. The summed E-state index contributed by atoms with van der Waals surface area (Å²) in [5, 5.41) is 17.3. The Balaban J connectivity index is 3.92. The molecule has 0 aliphatic heterocycles. The minimum Gasteiger partial charge on any atom is -0.478 e. The molecule has 0 aliphatic carbocycles. The van der Waals surface area contributed by atoms with E-state index in [-0.39, 0.29) is 19.3 Å². The fourth-order valence-electron chi connectivity index (χ4n) is 1.44. The lowest BCUT2D eigenvalue weighted by Gasteiger charge is -2.21. The van der Waals surface area contributed by atoms with E-state index in [9.17, 15) is 9.59 Å². The first kappa shape index (κ1) is 19.6. The molecular weight excluding hydrogens is 278 g/mol. The van der Waals surface area contributed by atoms with E-state index in [1.807, 2.05) is 18.7 Å². The number of rotatable bonds is 12. The van der Waals surface area contributed by atoms with Gasteiger partial charge in [0.05, 0.1) is 19.3 Å². The van der Waals surface area contributed by atoms with Gasteiger partial charge >= 0.3 is 11.9 Å². The van der Waals surface area contributed by atoms with E-state index in [1.165, 1.54) is 0 Å². The highest BCUT2D eigenvalue weighted by Crippen LogP contribution is 1.97. The summed E-state index contributed by atoms with van der Waals surface area (Å²) in [4.78, 5) is 23.3. The molecule has 0 unspecified atom stereocenters. The first-order valence-electron chi connectivity index (χ1n) is 7.02. The lowest BCUT2D eigenvalue weighted by Crippen LogP contribution is -2.34. The van der Waals surface area contributed by atoms with Crippen LogP contribution in [0.2, 0.25) is 0 Å². The van der Waals surface area contributed by atoms with Gasteiger partial charge < -0.3 is 19.7 Å². The Morgan fingerprint density at radius 1 is 1.19 bits per heavy atom. The van der Waals surface area contributed by atoms with Gasteiger partial charge in [0.2, 0.25) is 0 Å². The number of carbonyl (C=O) groups excluding carboxylic acids is 1. The van der Waals surface area contributed by atoms with Gasteiger partial charge in [0.1, 0.15) is 6.61 Å². The Bertz CT molecular complexity index is 331. The monoisotopic (exact) mass is 303 g/mol. The number of hydrogen-bond donors (Lipinski definition) is 2. The van der Waals surface area contributed by atoms with Gasteiger partial charge in [-0.05, 0) is 13.3 Å². The molecule has 0 amide bonds. The second kappa shape index (κ2) is 12.3. The van der Waals surface area contributed by atoms with Gasteiger partial charge in [-0.1, -0.05) is 6.92 Å². The molecule has 0 aromatic carbocycles. The fourth-order valence-corrected chi connectivity index (χ4v) is 1.44. The van der Waals surface area contributed by atoms with Gasteiger partial charge in [-0.15, -0.1) is 0 Å². The molecule has 0 aliphatic rings. The maximum absolute atomic E-state index is 11.2. The standard InChI is InChI=1S/C14H25NO6/c1-3-12(2)20-10-7-15(6-9-16)8-11-21-14(19)5-4-13(17)18/h4-5,12,16H,3,6-11H2,1-2H3,(H,17,18)/b5-4-/t12-/m0/s1. The maximum Gasteiger partial charge on any atom is 0.331 e. The Hall–Kier alpha value is -1.44. The average molecular weight is 303 g/mol. The first-order chi connectivity index (χ1) is 9.99. The minimum atomic E-state index is -1.20. The van der Waals surface area contributed by atoms with Crippen molar-refractivity contribution in [1.82, 2.24) is 4.90 Å². The van der Waals surface area contributed by atoms with Gasteiger partial charge in [-0.3, -0.25) is 4.90 Å². The van der Waals surface area contributed by atoms with Crippen molar-refractivity contribution in [3.8, 4) is 0 Å². The molecule has 7 heteroatoms. The number of carboxylic acids is 1. The van der Waals surface area contributed by atoms with Gasteiger partial charge in [0.25, 0.3) is 0 Å². The van der Waals surface area contributed by atoms with Crippen molar-refractivity contribution in [3.05, 3.63) is 12.2 Å². The minimum absolute atomic E-state index is 0.0101. The molecule has 0 fully saturated rings. The van der Waals surface area contributed by atoms with Crippen molar-refractivity contribution in [2.45, 2.75) is 26.4 Å². The number of carboxylic acid groups (broad SMARTS) is 1. The largest absolute Gasteiger partial charge is 0.478 e. The molecule has 0 saturated heterocycles. The Kier molecular flexibility index (Phi) is 11.5. The van der Waals surface area contributed by atoms with E-state index in [0.717, 1.165) is 18.6 Å². The molecule has 0 bridgehead atoms.